The number of para-hydroxylation sites is 1. The maximum absolute atomic E-state index is 13.8. The van der Waals surface area contributed by atoms with Crippen LogP contribution in [0.2, 0.25) is 0 Å². The van der Waals surface area contributed by atoms with Crippen molar-refractivity contribution in [2.75, 3.05) is 20.3 Å². The number of rotatable bonds is 7. The summed E-state index contributed by atoms with van der Waals surface area (Å²) >= 11 is 0. The van der Waals surface area contributed by atoms with E-state index in [0.29, 0.717) is 29.0 Å². The van der Waals surface area contributed by atoms with Crippen LogP contribution in [0.3, 0.4) is 0 Å². The normalized spacial score (nSPS) is 21.4. The van der Waals surface area contributed by atoms with Crippen molar-refractivity contribution < 1.29 is 28.6 Å². The van der Waals surface area contributed by atoms with E-state index in [-0.39, 0.29) is 24.9 Å². The van der Waals surface area contributed by atoms with Crippen LogP contribution in [-0.4, -0.2) is 38.0 Å². The molecule has 0 unspecified atom stereocenters. The molecule has 0 bridgehead atoms. The van der Waals surface area contributed by atoms with Crippen LogP contribution in [0.1, 0.15) is 37.3 Å². The Morgan fingerprint density at radius 2 is 1.69 bits per heavy atom. The average molecular weight is 490 g/mol. The molecule has 0 radical (unpaired) electrons. The van der Waals surface area contributed by atoms with Crippen molar-refractivity contribution >= 4 is 17.7 Å². The van der Waals surface area contributed by atoms with Gasteiger partial charge in [0, 0.05) is 22.9 Å². The summed E-state index contributed by atoms with van der Waals surface area (Å²) < 4.78 is 16.2. The minimum absolute atomic E-state index is 0.0483. The van der Waals surface area contributed by atoms with Gasteiger partial charge >= 0.3 is 11.9 Å². The van der Waals surface area contributed by atoms with Crippen LogP contribution >= 0.6 is 0 Å². The predicted molar refractivity (Wildman–Crippen MR) is 134 cm³/mol. The molecule has 2 aliphatic rings. The van der Waals surface area contributed by atoms with E-state index < -0.39 is 23.8 Å². The topological polar surface area (TPSA) is 90.9 Å². The van der Waals surface area contributed by atoms with Crippen molar-refractivity contribution in [2.45, 2.75) is 33.1 Å². The summed E-state index contributed by atoms with van der Waals surface area (Å²) in [5.74, 6) is -2.53. The van der Waals surface area contributed by atoms with E-state index in [1.807, 2.05) is 75.4 Å². The zero-order chi connectivity index (χ0) is 25.8. The predicted octanol–water partition coefficient (Wildman–Crippen LogP) is 4.23. The Morgan fingerprint density at radius 1 is 1.00 bits per heavy atom. The monoisotopic (exact) mass is 489 g/mol. The summed E-state index contributed by atoms with van der Waals surface area (Å²) in [4.78, 5) is 39.7. The number of hydrogen-bond acceptors (Lipinski definition) is 7. The highest BCUT2D eigenvalue weighted by atomic mass is 16.6. The molecule has 0 saturated carbocycles. The summed E-state index contributed by atoms with van der Waals surface area (Å²) in [5.41, 5.74) is 3.91. The Labute approximate surface area is 211 Å². The number of ether oxygens (including phenoxy) is 3. The third-order valence-corrected chi connectivity index (χ3v) is 6.79. The molecule has 1 aliphatic carbocycles. The molecule has 4 rings (SSSR count). The lowest BCUT2D eigenvalue weighted by atomic mass is 9.68. The molecule has 2 aromatic rings. The minimum atomic E-state index is -0.919. The summed E-state index contributed by atoms with van der Waals surface area (Å²) in [6.45, 7) is 5.86. The van der Waals surface area contributed by atoms with Gasteiger partial charge in [-0.25, -0.2) is 4.79 Å². The van der Waals surface area contributed by atoms with E-state index in [1.54, 1.807) is 0 Å². The van der Waals surface area contributed by atoms with Gasteiger partial charge in [-0.05, 0) is 49.4 Å². The van der Waals surface area contributed by atoms with Crippen LogP contribution in [-0.2, 0) is 23.9 Å². The Kier molecular flexibility index (Phi) is 7.58. The molecule has 1 aliphatic heterocycles. The lowest BCUT2D eigenvalue weighted by Gasteiger charge is -2.38. The van der Waals surface area contributed by atoms with Crippen molar-refractivity contribution in [3.05, 3.63) is 88.3 Å². The number of nitrogens with one attached hydrogen (secondary N) is 1. The number of esters is 2. The second-order valence-corrected chi connectivity index (χ2v) is 9.19. The molecular weight excluding hydrogens is 458 g/mol. The Hall–Kier alpha value is -3.87. The molecule has 0 aromatic heterocycles. The number of hydrogen-bond donors (Lipinski definition) is 1. The molecule has 36 heavy (non-hydrogen) atoms. The van der Waals surface area contributed by atoms with Crippen LogP contribution < -0.4 is 10.1 Å². The first-order valence-electron chi connectivity index (χ1n) is 12.1. The highest BCUT2D eigenvalue weighted by Crippen LogP contribution is 2.46. The second kappa shape index (κ2) is 10.8. The van der Waals surface area contributed by atoms with Gasteiger partial charge in [-0.15, -0.1) is 0 Å². The average Bonchev–Trinajstić information content (AvgIpc) is 2.86. The van der Waals surface area contributed by atoms with Gasteiger partial charge in [-0.1, -0.05) is 49.4 Å². The molecule has 0 spiro atoms. The smallest absolute Gasteiger partial charge is 0.336 e. The summed E-state index contributed by atoms with van der Waals surface area (Å²) in [5, 5.41) is 3.28. The van der Waals surface area contributed by atoms with Gasteiger partial charge in [0.05, 0.1) is 12.7 Å². The van der Waals surface area contributed by atoms with E-state index in [4.69, 9.17) is 14.2 Å². The summed E-state index contributed by atoms with van der Waals surface area (Å²) in [6.07, 6.45) is 0.494. The van der Waals surface area contributed by atoms with Gasteiger partial charge in [-0.2, -0.15) is 0 Å². The fraction of sp³-hybridized carbons (Fsp3) is 0.345. The number of benzene rings is 2. The molecule has 3 atom stereocenters. The third kappa shape index (κ3) is 4.91. The maximum Gasteiger partial charge on any atom is 0.336 e. The van der Waals surface area contributed by atoms with Crippen molar-refractivity contribution in [2.24, 2.45) is 11.8 Å². The van der Waals surface area contributed by atoms with Crippen LogP contribution in [0.25, 0.3) is 0 Å². The molecule has 1 heterocycles. The molecule has 0 amide bonds. The van der Waals surface area contributed by atoms with Crippen molar-refractivity contribution in [3.63, 3.8) is 0 Å². The van der Waals surface area contributed by atoms with E-state index >= 15 is 0 Å². The van der Waals surface area contributed by atoms with Gasteiger partial charge in [0.1, 0.15) is 24.9 Å². The Balaban J connectivity index is 1.65. The number of allylic oxidation sites excluding steroid dienone is 3. The van der Waals surface area contributed by atoms with Crippen LogP contribution in [0.15, 0.2) is 77.1 Å². The molecule has 0 saturated heterocycles. The van der Waals surface area contributed by atoms with Gasteiger partial charge in [0.2, 0.25) is 0 Å². The Bertz CT molecular complexity index is 1230. The number of ketones is 1. The van der Waals surface area contributed by atoms with Crippen LogP contribution in [0, 0.1) is 18.8 Å². The van der Waals surface area contributed by atoms with Gasteiger partial charge in [0.25, 0.3) is 0 Å². The first kappa shape index (κ1) is 25.2. The fourth-order valence-electron chi connectivity index (χ4n) is 5.06. The first-order chi connectivity index (χ1) is 17.3. The van der Waals surface area contributed by atoms with E-state index in [1.165, 1.54) is 7.11 Å². The molecule has 7 nitrogen and oxygen atoms in total. The zero-order valence-corrected chi connectivity index (χ0v) is 21.0. The first-order valence-corrected chi connectivity index (χ1v) is 12.1. The summed E-state index contributed by atoms with van der Waals surface area (Å²) in [7, 11) is 1.29. The largest absolute Gasteiger partial charge is 0.490 e. The van der Waals surface area contributed by atoms with E-state index in [9.17, 15) is 14.4 Å². The number of carbonyl (C=O) groups is 3. The minimum Gasteiger partial charge on any atom is -0.490 e. The van der Waals surface area contributed by atoms with Gasteiger partial charge in [-0.3, -0.25) is 9.59 Å². The quantitative estimate of drug-likeness (QED) is 0.354. The highest BCUT2D eigenvalue weighted by molar-refractivity contribution is 6.12. The molecule has 7 heteroatoms. The molecule has 2 aromatic carbocycles. The molecule has 188 valence electrons. The number of methoxy groups -OCH3 is 1. The second-order valence-electron chi connectivity index (χ2n) is 9.19. The number of aryl methyl sites for hydroxylation is 1. The lowest BCUT2D eigenvalue weighted by Crippen LogP contribution is -2.43. The zero-order valence-electron chi connectivity index (χ0n) is 21.0. The fourth-order valence-corrected chi connectivity index (χ4v) is 5.06. The summed E-state index contributed by atoms with van der Waals surface area (Å²) in [6, 6.07) is 16.9. The molecule has 0 fully saturated rings. The van der Waals surface area contributed by atoms with Crippen molar-refractivity contribution in [1.29, 1.82) is 0 Å². The third-order valence-electron chi connectivity index (χ3n) is 6.79. The maximum atomic E-state index is 13.8. The molecule has 1 N–H and O–H groups in total. The SMILES string of the molecule is COC(=O)[C@@H]1C(=O)C2=C(C[C@@H]1C)NC(C)=C(C(=O)OCCOc1ccccc1)[C@@H]2c1ccccc1C. The number of Topliss-reactive ketones (excluding diaryl/α,β-unsaturated/α-hetero) is 1. The van der Waals surface area contributed by atoms with Crippen LogP contribution in [0.4, 0.5) is 0 Å². The molecular formula is C29H31NO6. The van der Waals surface area contributed by atoms with E-state index in [2.05, 4.69) is 5.32 Å². The van der Waals surface area contributed by atoms with E-state index in [0.717, 1.165) is 16.8 Å². The van der Waals surface area contributed by atoms with Gasteiger partial charge < -0.3 is 19.5 Å². The van der Waals surface area contributed by atoms with Gasteiger partial charge in [0.15, 0.2) is 5.78 Å². The Morgan fingerprint density at radius 3 is 2.39 bits per heavy atom. The van der Waals surface area contributed by atoms with Crippen molar-refractivity contribution in [3.8, 4) is 5.75 Å². The number of carbonyl (C=O) groups excluding carboxylic acids is 3. The highest BCUT2D eigenvalue weighted by Gasteiger charge is 2.47. The van der Waals surface area contributed by atoms with Crippen molar-refractivity contribution in [1.82, 2.24) is 5.32 Å². The number of dihydropyridines is 1. The standard InChI is InChI=1S/C29H31NO6/c1-17-10-8-9-13-21(17)25-24(29(33)36-15-14-35-20-11-6-5-7-12-20)19(3)30-22-16-18(2)23(28(32)34-4)27(31)26(22)25/h5-13,18,23,25,30H,14-16H2,1-4H3/t18-,23-,25-/m0/s1. The lowest BCUT2D eigenvalue weighted by molar-refractivity contribution is -0.151. The van der Waals surface area contributed by atoms with Crippen LogP contribution in [0.5, 0.6) is 5.75 Å².